The van der Waals surface area contributed by atoms with Crippen molar-refractivity contribution in [1.82, 2.24) is 20.0 Å². The molecule has 1 unspecified atom stereocenters. The van der Waals surface area contributed by atoms with Gasteiger partial charge < -0.3 is 5.73 Å². The number of rotatable bonds is 3. The van der Waals surface area contributed by atoms with Crippen LogP contribution in [0.3, 0.4) is 0 Å². The number of nitrogens with zero attached hydrogens (tertiary/aromatic N) is 4. The predicted molar refractivity (Wildman–Crippen MR) is 57.1 cm³/mol. The molecule has 0 aliphatic rings. The molecule has 2 heterocycles. The summed E-state index contributed by atoms with van der Waals surface area (Å²) in [6, 6.07) is 5.89. The zero-order valence-electron chi connectivity index (χ0n) is 8.54. The van der Waals surface area contributed by atoms with Crippen LogP contribution < -0.4 is 5.73 Å². The first-order valence-corrected chi connectivity index (χ1v) is 4.82. The van der Waals surface area contributed by atoms with E-state index in [0.29, 0.717) is 11.7 Å². The molecule has 0 saturated carbocycles. The van der Waals surface area contributed by atoms with Gasteiger partial charge >= 0.3 is 0 Å². The maximum Gasteiger partial charge on any atom is 0.165 e. The maximum atomic E-state index is 5.48. The van der Waals surface area contributed by atoms with E-state index >= 15 is 0 Å². The quantitative estimate of drug-likeness (QED) is 0.809. The number of hydrogen-bond acceptors (Lipinski definition) is 4. The molecule has 15 heavy (non-hydrogen) atoms. The van der Waals surface area contributed by atoms with Crippen LogP contribution in [0, 0.1) is 0 Å². The Balaban J connectivity index is 2.07. The monoisotopic (exact) mass is 203 g/mol. The van der Waals surface area contributed by atoms with E-state index in [-0.39, 0.29) is 0 Å². The molecule has 0 aromatic carbocycles. The van der Waals surface area contributed by atoms with Gasteiger partial charge in [-0.3, -0.25) is 4.98 Å². The molecule has 0 saturated heterocycles. The van der Waals surface area contributed by atoms with Crippen molar-refractivity contribution >= 4 is 5.82 Å². The summed E-state index contributed by atoms with van der Waals surface area (Å²) >= 11 is 0. The van der Waals surface area contributed by atoms with Crippen molar-refractivity contribution in [2.24, 2.45) is 0 Å². The summed E-state index contributed by atoms with van der Waals surface area (Å²) in [7, 11) is 0. The zero-order valence-corrected chi connectivity index (χ0v) is 8.54. The van der Waals surface area contributed by atoms with Crippen molar-refractivity contribution in [2.75, 3.05) is 5.73 Å². The second-order valence-electron chi connectivity index (χ2n) is 3.52. The van der Waals surface area contributed by atoms with Crippen LogP contribution in [-0.4, -0.2) is 20.0 Å². The standard InChI is InChI=1S/C10H13N5/c1-8(9-4-2-3-5-12-9)6-15-7-10(11)13-14-15/h2-5,7-8H,6,11H2,1H3. The molecule has 5 nitrogen and oxygen atoms in total. The molecule has 0 spiro atoms. The fourth-order valence-corrected chi connectivity index (χ4v) is 1.44. The van der Waals surface area contributed by atoms with Crippen LogP contribution >= 0.6 is 0 Å². The number of nitrogen functional groups attached to an aromatic ring is 1. The Labute approximate surface area is 87.9 Å². The Morgan fingerprint density at radius 1 is 1.47 bits per heavy atom. The van der Waals surface area contributed by atoms with E-state index in [2.05, 4.69) is 22.2 Å². The lowest BCUT2D eigenvalue weighted by Crippen LogP contribution is -2.08. The van der Waals surface area contributed by atoms with Crippen molar-refractivity contribution in [3.05, 3.63) is 36.3 Å². The van der Waals surface area contributed by atoms with Gasteiger partial charge in [-0.05, 0) is 12.1 Å². The topological polar surface area (TPSA) is 69.6 Å². The van der Waals surface area contributed by atoms with Gasteiger partial charge in [0, 0.05) is 17.8 Å². The fraction of sp³-hybridized carbons (Fsp3) is 0.300. The second-order valence-corrected chi connectivity index (χ2v) is 3.52. The summed E-state index contributed by atoms with van der Waals surface area (Å²) in [5, 5.41) is 7.63. The normalized spacial score (nSPS) is 12.6. The van der Waals surface area contributed by atoms with Gasteiger partial charge in [0.15, 0.2) is 5.82 Å². The van der Waals surface area contributed by atoms with E-state index < -0.39 is 0 Å². The van der Waals surface area contributed by atoms with Gasteiger partial charge in [0.25, 0.3) is 0 Å². The minimum absolute atomic E-state index is 0.298. The Hall–Kier alpha value is -1.91. The summed E-state index contributed by atoms with van der Waals surface area (Å²) in [5.41, 5.74) is 6.53. The van der Waals surface area contributed by atoms with Crippen molar-refractivity contribution in [3.63, 3.8) is 0 Å². The number of nitrogens with two attached hydrogens (primary N) is 1. The third-order valence-electron chi connectivity index (χ3n) is 2.21. The van der Waals surface area contributed by atoms with Crippen LogP contribution in [0.5, 0.6) is 0 Å². The molecule has 2 aromatic rings. The maximum absolute atomic E-state index is 5.48. The summed E-state index contributed by atoms with van der Waals surface area (Å²) in [5.74, 6) is 0.746. The van der Waals surface area contributed by atoms with Gasteiger partial charge in [-0.1, -0.05) is 18.2 Å². The Morgan fingerprint density at radius 2 is 2.33 bits per heavy atom. The molecule has 1 atom stereocenters. The average Bonchev–Trinajstić information content (AvgIpc) is 2.65. The van der Waals surface area contributed by atoms with Gasteiger partial charge in [-0.2, -0.15) is 0 Å². The van der Waals surface area contributed by atoms with Crippen LogP contribution in [0.1, 0.15) is 18.5 Å². The molecule has 78 valence electrons. The van der Waals surface area contributed by atoms with Gasteiger partial charge in [0.2, 0.25) is 0 Å². The highest BCUT2D eigenvalue weighted by Crippen LogP contribution is 2.13. The van der Waals surface area contributed by atoms with Gasteiger partial charge in [0.1, 0.15) is 0 Å². The zero-order chi connectivity index (χ0) is 10.7. The molecule has 2 rings (SSSR count). The average molecular weight is 203 g/mol. The summed E-state index contributed by atoms with van der Waals surface area (Å²) in [6.07, 6.45) is 3.51. The van der Waals surface area contributed by atoms with Crippen LogP contribution in [0.4, 0.5) is 5.82 Å². The summed E-state index contributed by atoms with van der Waals surface area (Å²) < 4.78 is 1.73. The molecule has 0 aliphatic heterocycles. The van der Waals surface area contributed by atoms with E-state index in [4.69, 9.17) is 5.73 Å². The molecular formula is C10H13N5. The van der Waals surface area contributed by atoms with E-state index in [1.54, 1.807) is 17.1 Å². The molecule has 0 bridgehead atoms. The Bertz CT molecular complexity index is 422. The Kier molecular flexibility index (Phi) is 2.62. The van der Waals surface area contributed by atoms with E-state index in [0.717, 1.165) is 12.2 Å². The minimum Gasteiger partial charge on any atom is -0.381 e. The van der Waals surface area contributed by atoms with Crippen molar-refractivity contribution in [2.45, 2.75) is 19.4 Å². The van der Waals surface area contributed by atoms with Crippen LogP contribution in [0.15, 0.2) is 30.6 Å². The lowest BCUT2D eigenvalue weighted by Gasteiger charge is -2.09. The summed E-state index contributed by atoms with van der Waals surface area (Å²) in [4.78, 5) is 4.29. The molecule has 2 aromatic heterocycles. The van der Waals surface area contributed by atoms with Crippen LogP contribution in [0.25, 0.3) is 0 Å². The first-order valence-electron chi connectivity index (χ1n) is 4.82. The molecule has 2 N–H and O–H groups in total. The van der Waals surface area contributed by atoms with Crippen molar-refractivity contribution in [3.8, 4) is 0 Å². The van der Waals surface area contributed by atoms with Crippen LogP contribution in [-0.2, 0) is 6.54 Å². The predicted octanol–water partition coefficient (Wildman–Crippen LogP) is 1.06. The molecule has 0 fully saturated rings. The first kappa shape index (κ1) is 9.64. The van der Waals surface area contributed by atoms with Gasteiger partial charge in [-0.25, -0.2) is 4.68 Å². The fourth-order valence-electron chi connectivity index (χ4n) is 1.44. The third kappa shape index (κ3) is 2.31. The lowest BCUT2D eigenvalue weighted by atomic mass is 10.1. The van der Waals surface area contributed by atoms with E-state index in [1.165, 1.54) is 0 Å². The number of pyridine rings is 1. The van der Waals surface area contributed by atoms with Gasteiger partial charge in [-0.15, -0.1) is 5.10 Å². The van der Waals surface area contributed by atoms with Crippen molar-refractivity contribution < 1.29 is 0 Å². The second kappa shape index (κ2) is 4.08. The van der Waals surface area contributed by atoms with E-state index in [9.17, 15) is 0 Å². The molecule has 0 radical (unpaired) electrons. The highest BCUT2D eigenvalue weighted by molar-refractivity contribution is 5.20. The SMILES string of the molecule is CC(Cn1cc(N)nn1)c1ccccn1. The molecule has 0 amide bonds. The Morgan fingerprint density at radius 3 is 2.93 bits per heavy atom. The summed E-state index contributed by atoms with van der Waals surface area (Å²) in [6.45, 7) is 2.83. The largest absolute Gasteiger partial charge is 0.381 e. The van der Waals surface area contributed by atoms with Gasteiger partial charge in [0.05, 0.1) is 12.7 Å². The van der Waals surface area contributed by atoms with E-state index in [1.807, 2.05) is 18.2 Å². The number of anilines is 1. The highest BCUT2D eigenvalue weighted by atomic mass is 15.4. The third-order valence-corrected chi connectivity index (χ3v) is 2.21. The lowest BCUT2D eigenvalue weighted by molar-refractivity contribution is 0.519. The highest BCUT2D eigenvalue weighted by Gasteiger charge is 2.08. The number of hydrogen-bond donors (Lipinski definition) is 1. The van der Waals surface area contributed by atoms with Crippen LogP contribution in [0.2, 0.25) is 0 Å². The smallest absolute Gasteiger partial charge is 0.165 e. The van der Waals surface area contributed by atoms with Crippen molar-refractivity contribution in [1.29, 1.82) is 0 Å². The first-order chi connectivity index (χ1) is 7.25. The molecule has 0 aliphatic carbocycles. The molecule has 5 heteroatoms. The number of aromatic nitrogens is 4. The minimum atomic E-state index is 0.298. The molecular weight excluding hydrogens is 190 g/mol.